The molecule has 0 saturated carbocycles. The standard InChI is InChI=1S/C21H22O4/c1-23-16-21(22)25-20-10-8-6-4-3-5-7-9-18(20)15-17-11-13-19(24-2)14-12-17/h11-15,20H,3-6,16H2,1-2H3/b18-15-. The van der Waals surface area contributed by atoms with Crippen LogP contribution in [0.25, 0.3) is 6.08 Å². The molecule has 130 valence electrons. The van der Waals surface area contributed by atoms with Gasteiger partial charge in [0.1, 0.15) is 12.4 Å². The normalized spacial score (nSPS) is 18.3. The molecule has 0 aromatic heterocycles. The van der Waals surface area contributed by atoms with Crippen molar-refractivity contribution in [2.45, 2.75) is 31.8 Å². The summed E-state index contributed by atoms with van der Waals surface area (Å²) in [6.07, 6.45) is 4.81. The summed E-state index contributed by atoms with van der Waals surface area (Å²) in [5, 5.41) is 0. The lowest BCUT2D eigenvalue weighted by Crippen LogP contribution is -2.21. The predicted molar refractivity (Wildman–Crippen MR) is 96.7 cm³/mol. The largest absolute Gasteiger partial charge is 0.497 e. The van der Waals surface area contributed by atoms with Crippen LogP contribution >= 0.6 is 0 Å². The van der Waals surface area contributed by atoms with Gasteiger partial charge in [0, 0.05) is 20.0 Å². The Kier molecular flexibility index (Phi) is 7.63. The fourth-order valence-corrected chi connectivity index (χ4v) is 2.27. The molecule has 25 heavy (non-hydrogen) atoms. The molecule has 0 saturated heterocycles. The number of hydrogen-bond acceptors (Lipinski definition) is 4. The molecule has 1 aromatic rings. The van der Waals surface area contributed by atoms with Gasteiger partial charge in [-0.25, -0.2) is 4.79 Å². The van der Waals surface area contributed by atoms with E-state index in [2.05, 4.69) is 23.7 Å². The molecule has 4 nitrogen and oxygen atoms in total. The molecule has 0 amide bonds. The fraction of sp³-hybridized carbons (Fsp3) is 0.381. The van der Waals surface area contributed by atoms with Gasteiger partial charge >= 0.3 is 5.97 Å². The van der Waals surface area contributed by atoms with Gasteiger partial charge in [-0.15, -0.1) is 0 Å². The lowest BCUT2D eigenvalue weighted by Gasteiger charge is -2.13. The molecule has 1 aliphatic rings. The van der Waals surface area contributed by atoms with Crippen LogP contribution in [0, 0.1) is 23.7 Å². The van der Waals surface area contributed by atoms with Crippen molar-refractivity contribution in [1.82, 2.24) is 0 Å². The first-order valence-electron chi connectivity index (χ1n) is 8.24. The van der Waals surface area contributed by atoms with E-state index in [9.17, 15) is 4.79 Å². The van der Waals surface area contributed by atoms with Gasteiger partial charge in [-0.05, 0) is 36.6 Å². The summed E-state index contributed by atoms with van der Waals surface area (Å²) in [5.41, 5.74) is 1.61. The maximum Gasteiger partial charge on any atom is 0.333 e. The summed E-state index contributed by atoms with van der Waals surface area (Å²) >= 11 is 0. The van der Waals surface area contributed by atoms with E-state index in [0.29, 0.717) is 5.57 Å². The first-order valence-corrected chi connectivity index (χ1v) is 8.24. The number of rotatable bonds is 5. The topological polar surface area (TPSA) is 44.8 Å². The zero-order valence-electron chi connectivity index (χ0n) is 14.6. The third-order valence-corrected chi connectivity index (χ3v) is 3.55. The number of benzene rings is 1. The average molecular weight is 338 g/mol. The molecular weight excluding hydrogens is 316 g/mol. The highest BCUT2D eigenvalue weighted by Crippen LogP contribution is 2.17. The second kappa shape index (κ2) is 10.2. The van der Waals surface area contributed by atoms with Crippen molar-refractivity contribution >= 4 is 12.0 Å². The van der Waals surface area contributed by atoms with Crippen LogP contribution in [-0.2, 0) is 14.3 Å². The summed E-state index contributed by atoms with van der Waals surface area (Å²) in [6, 6.07) is 7.59. The Morgan fingerprint density at radius 3 is 2.56 bits per heavy atom. The zero-order valence-corrected chi connectivity index (χ0v) is 14.6. The minimum atomic E-state index is -0.685. The molecule has 0 bridgehead atoms. The Labute approximate surface area is 149 Å². The second-order valence-corrected chi connectivity index (χ2v) is 5.51. The van der Waals surface area contributed by atoms with Crippen molar-refractivity contribution in [1.29, 1.82) is 0 Å². The fourth-order valence-electron chi connectivity index (χ4n) is 2.27. The molecule has 1 unspecified atom stereocenters. The van der Waals surface area contributed by atoms with E-state index < -0.39 is 12.1 Å². The highest BCUT2D eigenvalue weighted by atomic mass is 16.6. The van der Waals surface area contributed by atoms with Gasteiger partial charge in [-0.1, -0.05) is 35.8 Å². The van der Waals surface area contributed by atoms with Crippen molar-refractivity contribution in [3.05, 3.63) is 35.4 Å². The molecule has 1 aromatic carbocycles. The monoisotopic (exact) mass is 338 g/mol. The number of carbonyl (C=O) groups is 1. The smallest absolute Gasteiger partial charge is 0.333 e. The molecular formula is C21H22O4. The molecule has 0 N–H and O–H groups in total. The van der Waals surface area contributed by atoms with Gasteiger partial charge in [0.15, 0.2) is 6.10 Å². The number of hydrogen-bond donors (Lipinski definition) is 0. The molecule has 1 aliphatic carbocycles. The van der Waals surface area contributed by atoms with Crippen LogP contribution in [0.1, 0.15) is 31.2 Å². The van der Waals surface area contributed by atoms with Crippen LogP contribution in [0.15, 0.2) is 29.8 Å². The van der Waals surface area contributed by atoms with E-state index in [1.165, 1.54) is 7.11 Å². The first kappa shape index (κ1) is 18.6. The van der Waals surface area contributed by atoms with E-state index in [0.717, 1.165) is 37.0 Å². The van der Waals surface area contributed by atoms with Gasteiger partial charge in [0.05, 0.1) is 12.7 Å². The van der Waals surface area contributed by atoms with Gasteiger partial charge in [0.2, 0.25) is 0 Å². The zero-order chi connectivity index (χ0) is 17.9. The summed E-state index contributed by atoms with van der Waals surface area (Å²) in [4.78, 5) is 11.8. The van der Waals surface area contributed by atoms with Crippen LogP contribution in [0.3, 0.4) is 0 Å². The summed E-state index contributed by atoms with van der Waals surface area (Å²) in [7, 11) is 3.08. The molecule has 2 rings (SSSR count). The molecule has 0 spiro atoms. The summed E-state index contributed by atoms with van der Waals surface area (Å²) in [5.74, 6) is 12.7. The number of ether oxygens (including phenoxy) is 3. The number of esters is 1. The lowest BCUT2D eigenvalue weighted by atomic mass is 10.0. The van der Waals surface area contributed by atoms with Gasteiger partial charge < -0.3 is 14.2 Å². The lowest BCUT2D eigenvalue weighted by molar-refractivity contribution is -0.149. The highest BCUT2D eigenvalue weighted by molar-refractivity contribution is 5.72. The van der Waals surface area contributed by atoms with Crippen molar-refractivity contribution < 1.29 is 19.0 Å². The maximum absolute atomic E-state index is 11.8. The minimum Gasteiger partial charge on any atom is -0.497 e. The van der Waals surface area contributed by atoms with Crippen molar-refractivity contribution in [2.75, 3.05) is 20.8 Å². The van der Waals surface area contributed by atoms with Crippen molar-refractivity contribution in [3.8, 4) is 29.4 Å². The predicted octanol–water partition coefficient (Wildman–Crippen LogP) is 3.22. The van der Waals surface area contributed by atoms with Crippen molar-refractivity contribution in [3.63, 3.8) is 0 Å². The van der Waals surface area contributed by atoms with E-state index in [1.807, 2.05) is 30.3 Å². The number of carbonyl (C=O) groups excluding carboxylic acids is 1. The Morgan fingerprint density at radius 2 is 1.88 bits per heavy atom. The van der Waals surface area contributed by atoms with Crippen LogP contribution in [0.4, 0.5) is 0 Å². The molecule has 0 radical (unpaired) electrons. The van der Waals surface area contributed by atoms with Crippen molar-refractivity contribution in [2.24, 2.45) is 0 Å². The highest BCUT2D eigenvalue weighted by Gasteiger charge is 2.16. The van der Waals surface area contributed by atoms with Gasteiger partial charge in [-0.2, -0.15) is 0 Å². The van der Waals surface area contributed by atoms with Crippen LogP contribution < -0.4 is 4.74 Å². The third-order valence-electron chi connectivity index (χ3n) is 3.55. The molecule has 4 heteroatoms. The van der Waals surface area contributed by atoms with Crippen LogP contribution in [-0.4, -0.2) is 32.9 Å². The van der Waals surface area contributed by atoms with Crippen LogP contribution in [0.5, 0.6) is 5.75 Å². The average Bonchev–Trinajstić information content (AvgIpc) is 2.63. The molecule has 0 fully saturated rings. The molecule has 1 atom stereocenters. The molecule has 0 aliphatic heterocycles. The van der Waals surface area contributed by atoms with Gasteiger partial charge in [-0.3, -0.25) is 0 Å². The Balaban J connectivity index is 2.32. The summed E-state index contributed by atoms with van der Waals surface area (Å²) < 4.78 is 15.5. The van der Waals surface area contributed by atoms with E-state index in [-0.39, 0.29) is 6.61 Å². The van der Waals surface area contributed by atoms with Crippen LogP contribution in [0.2, 0.25) is 0 Å². The van der Waals surface area contributed by atoms with E-state index in [1.54, 1.807) is 7.11 Å². The Morgan fingerprint density at radius 1 is 1.16 bits per heavy atom. The minimum absolute atomic E-state index is 0.110. The second-order valence-electron chi connectivity index (χ2n) is 5.51. The van der Waals surface area contributed by atoms with E-state index >= 15 is 0 Å². The van der Waals surface area contributed by atoms with E-state index in [4.69, 9.17) is 14.2 Å². The quantitative estimate of drug-likeness (QED) is 0.611. The van der Waals surface area contributed by atoms with Gasteiger partial charge in [0.25, 0.3) is 0 Å². The summed E-state index contributed by atoms with van der Waals surface area (Å²) in [6.45, 7) is -0.110. The molecule has 0 heterocycles. The third kappa shape index (κ3) is 6.37. The first-order chi connectivity index (χ1) is 12.2. The SMILES string of the molecule is COCC(=O)OC1C#CCCCCC#C/C1=C/c1ccc(OC)cc1. The Hall–Kier alpha value is -2.69. The maximum atomic E-state index is 11.8. The Bertz CT molecular complexity index is 723. The number of methoxy groups -OCH3 is 2.